The molecular weight excluding hydrogens is 246 g/mol. The highest BCUT2D eigenvalue weighted by atomic mass is 16.4. The zero-order valence-corrected chi connectivity index (χ0v) is 10.8. The summed E-state index contributed by atoms with van der Waals surface area (Å²) in [5.74, 6) is -0.0341. The molecule has 1 aromatic rings. The average molecular weight is 263 g/mol. The third-order valence-electron chi connectivity index (χ3n) is 4.05. The van der Waals surface area contributed by atoms with Crippen LogP contribution in [0.1, 0.15) is 36.8 Å². The molecular formula is C14H17NO4. The number of carboxylic acid groups (broad SMARTS) is 1. The van der Waals surface area contributed by atoms with Gasteiger partial charge in [-0.3, -0.25) is 9.59 Å². The second-order valence-corrected chi connectivity index (χ2v) is 5.42. The third-order valence-corrected chi connectivity index (χ3v) is 4.05. The van der Waals surface area contributed by atoms with Crippen molar-refractivity contribution < 1.29 is 19.1 Å². The number of rotatable bonds is 3. The molecule has 2 fully saturated rings. The molecule has 1 aromatic heterocycles. The fraction of sp³-hybridized carbons (Fsp3) is 0.571. The van der Waals surface area contributed by atoms with E-state index in [1.807, 2.05) is 19.1 Å². The summed E-state index contributed by atoms with van der Waals surface area (Å²) in [5.41, 5.74) is 0. The molecule has 0 bridgehead atoms. The highest BCUT2D eigenvalue weighted by Gasteiger charge is 2.51. The topological polar surface area (TPSA) is 70.8 Å². The van der Waals surface area contributed by atoms with E-state index in [-0.39, 0.29) is 17.9 Å². The van der Waals surface area contributed by atoms with E-state index in [1.165, 1.54) is 0 Å². The van der Waals surface area contributed by atoms with Crippen molar-refractivity contribution in [3.05, 3.63) is 23.7 Å². The van der Waals surface area contributed by atoms with Gasteiger partial charge in [-0.1, -0.05) is 0 Å². The first-order chi connectivity index (χ1) is 9.08. The third kappa shape index (κ3) is 2.13. The number of furan rings is 1. The molecule has 0 aromatic carbocycles. The number of carbonyl (C=O) groups is 2. The van der Waals surface area contributed by atoms with Crippen LogP contribution in [0.5, 0.6) is 0 Å². The Labute approximate surface area is 111 Å². The molecule has 0 spiro atoms. The standard InChI is InChI=1S/C14H17NO4/c1-8-4-5-12(19-8)11-3-2-6-15(11)13(16)9-7-10(9)14(17)18/h4-5,9-11H,2-3,6-7H2,1H3,(H,17,18). The van der Waals surface area contributed by atoms with Crippen molar-refractivity contribution in [1.29, 1.82) is 0 Å². The maximum atomic E-state index is 12.3. The summed E-state index contributed by atoms with van der Waals surface area (Å²) in [7, 11) is 0. The maximum Gasteiger partial charge on any atom is 0.307 e. The molecule has 1 saturated heterocycles. The molecule has 3 unspecified atom stereocenters. The summed E-state index contributed by atoms with van der Waals surface area (Å²) < 4.78 is 5.61. The Kier molecular flexibility index (Phi) is 2.84. The van der Waals surface area contributed by atoms with Gasteiger partial charge in [0.2, 0.25) is 5.91 Å². The van der Waals surface area contributed by atoms with Crippen LogP contribution >= 0.6 is 0 Å². The second-order valence-electron chi connectivity index (χ2n) is 5.42. The van der Waals surface area contributed by atoms with Crippen LogP contribution in [0, 0.1) is 18.8 Å². The van der Waals surface area contributed by atoms with Crippen LogP contribution in [0.4, 0.5) is 0 Å². The Bertz CT molecular complexity index is 521. The second kappa shape index (κ2) is 4.40. The lowest BCUT2D eigenvalue weighted by Crippen LogP contribution is -2.32. The van der Waals surface area contributed by atoms with Crippen LogP contribution in [0.15, 0.2) is 16.5 Å². The highest BCUT2D eigenvalue weighted by Crippen LogP contribution is 2.43. The van der Waals surface area contributed by atoms with E-state index in [9.17, 15) is 9.59 Å². The first kappa shape index (κ1) is 12.3. The Morgan fingerprint density at radius 1 is 1.37 bits per heavy atom. The van der Waals surface area contributed by atoms with Crippen molar-refractivity contribution in [3.8, 4) is 0 Å². The first-order valence-corrected chi connectivity index (χ1v) is 6.67. The van der Waals surface area contributed by atoms with E-state index in [2.05, 4.69) is 0 Å². The predicted molar refractivity (Wildman–Crippen MR) is 66.4 cm³/mol. The number of aliphatic carboxylic acids is 1. The maximum absolute atomic E-state index is 12.3. The number of aryl methyl sites for hydroxylation is 1. The van der Waals surface area contributed by atoms with Crippen molar-refractivity contribution in [1.82, 2.24) is 4.90 Å². The highest BCUT2D eigenvalue weighted by molar-refractivity contribution is 5.89. The lowest BCUT2D eigenvalue weighted by molar-refractivity contribution is -0.142. The van der Waals surface area contributed by atoms with E-state index in [1.54, 1.807) is 4.90 Å². The number of nitrogens with zero attached hydrogens (tertiary/aromatic N) is 1. The van der Waals surface area contributed by atoms with Crippen LogP contribution < -0.4 is 0 Å². The van der Waals surface area contributed by atoms with Crippen molar-refractivity contribution in [3.63, 3.8) is 0 Å². The zero-order chi connectivity index (χ0) is 13.6. The predicted octanol–water partition coefficient (Wildman–Crippen LogP) is 1.97. The van der Waals surface area contributed by atoms with E-state index >= 15 is 0 Å². The lowest BCUT2D eigenvalue weighted by Gasteiger charge is -2.23. The van der Waals surface area contributed by atoms with Crippen LogP contribution in [0.3, 0.4) is 0 Å². The fourth-order valence-corrected chi connectivity index (χ4v) is 2.91. The molecule has 0 radical (unpaired) electrons. The largest absolute Gasteiger partial charge is 0.481 e. The molecule has 1 aliphatic heterocycles. The number of carbonyl (C=O) groups excluding carboxylic acids is 1. The van der Waals surface area contributed by atoms with Gasteiger partial charge in [0, 0.05) is 6.54 Å². The van der Waals surface area contributed by atoms with E-state index < -0.39 is 11.9 Å². The summed E-state index contributed by atoms with van der Waals surface area (Å²) >= 11 is 0. The van der Waals surface area contributed by atoms with Gasteiger partial charge in [0.25, 0.3) is 0 Å². The zero-order valence-electron chi connectivity index (χ0n) is 10.8. The van der Waals surface area contributed by atoms with Gasteiger partial charge in [-0.15, -0.1) is 0 Å². The molecule has 3 rings (SSSR count). The summed E-state index contributed by atoms with van der Waals surface area (Å²) in [6, 6.07) is 3.79. The summed E-state index contributed by atoms with van der Waals surface area (Å²) in [5, 5.41) is 8.91. The summed E-state index contributed by atoms with van der Waals surface area (Å²) in [6.45, 7) is 2.58. The van der Waals surface area contributed by atoms with E-state index in [0.717, 1.165) is 24.4 Å². The van der Waals surface area contributed by atoms with Crippen LogP contribution in [-0.2, 0) is 9.59 Å². The molecule has 5 heteroatoms. The SMILES string of the molecule is Cc1ccc(C2CCCN2C(=O)C2CC2C(=O)O)o1. The molecule has 1 saturated carbocycles. The minimum atomic E-state index is -0.858. The molecule has 1 N–H and O–H groups in total. The van der Waals surface area contributed by atoms with Gasteiger partial charge in [0.1, 0.15) is 11.5 Å². The fourth-order valence-electron chi connectivity index (χ4n) is 2.91. The lowest BCUT2D eigenvalue weighted by atomic mass is 10.1. The monoisotopic (exact) mass is 263 g/mol. The first-order valence-electron chi connectivity index (χ1n) is 6.67. The van der Waals surface area contributed by atoms with Gasteiger partial charge < -0.3 is 14.4 Å². The smallest absolute Gasteiger partial charge is 0.307 e. The number of likely N-dealkylation sites (tertiary alicyclic amines) is 1. The molecule has 102 valence electrons. The Morgan fingerprint density at radius 3 is 2.74 bits per heavy atom. The molecule has 3 atom stereocenters. The molecule has 1 aliphatic carbocycles. The van der Waals surface area contributed by atoms with Gasteiger partial charge in [0.15, 0.2) is 0 Å². The van der Waals surface area contributed by atoms with Crippen LogP contribution in [0.25, 0.3) is 0 Å². The average Bonchev–Trinajstić information content (AvgIpc) is 2.82. The molecule has 2 heterocycles. The summed E-state index contributed by atoms with van der Waals surface area (Å²) in [4.78, 5) is 25.0. The molecule has 2 aliphatic rings. The Hall–Kier alpha value is -1.78. The number of amides is 1. The number of hydrogen-bond acceptors (Lipinski definition) is 3. The number of carboxylic acids is 1. The van der Waals surface area contributed by atoms with Crippen molar-refractivity contribution in [2.75, 3.05) is 6.54 Å². The van der Waals surface area contributed by atoms with Gasteiger partial charge in [-0.25, -0.2) is 0 Å². The van der Waals surface area contributed by atoms with E-state index in [4.69, 9.17) is 9.52 Å². The minimum Gasteiger partial charge on any atom is -0.481 e. The Balaban J connectivity index is 1.73. The van der Waals surface area contributed by atoms with Crippen molar-refractivity contribution in [2.45, 2.75) is 32.2 Å². The van der Waals surface area contributed by atoms with Crippen molar-refractivity contribution >= 4 is 11.9 Å². The number of hydrogen-bond donors (Lipinski definition) is 1. The van der Waals surface area contributed by atoms with Gasteiger partial charge >= 0.3 is 5.97 Å². The van der Waals surface area contributed by atoms with Gasteiger partial charge in [-0.2, -0.15) is 0 Å². The van der Waals surface area contributed by atoms with Gasteiger partial charge in [0.05, 0.1) is 17.9 Å². The summed E-state index contributed by atoms with van der Waals surface area (Å²) in [6.07, 6.45) is 2.32. The van der Waals surface area contributed by atoms with Crippen LogP contribution in [-0.4, -0.2) is 28.4 Å². The van der Waals surface area contributed by atoms with E-state index in [0.29, 0.717) is 13.0 Å². The molecule has 5 nitrogen and oxygen atoms in total. The molecule has 19 heavy (non-hydrogen) atoms. The van der Waals surface area contributed by atoms with Crippen molar-refractivity contribution in [2.24, 2.45) is 11.8 Å². The van der Waals surface area contributed by atoms with Crippen LogP contribution in [0.2, 0.25) is 0 Å². The normalized spacial score (nSPS) is 29.5. The minimum absolute atomic E-state index is 0.0174. The Morgan fingerprint density at radius 2 is 2.16 bits per heavy atom. The quantitative estimate of drug-likeness (QED) is 0.905. The molecule has 1 amide bonds. The van der Waals surface area contributed by atoms with Gasteiger partial charge in [-0.05, 0) is 38.3 Å².